The summed E-state index contributed by atoms with van der Waals surface area (Å²) in [4.78, 5) is 86.8. The molecule has 4 aromatic rings. The Kier molecular flexibility index (Phi) is 18.9. The number of primary amides is 1. The van der Waals surface area contributed by atoms with Crippen LogP contribution in [0.25, 0.3) is 32.2 Å². The van der Waals surface area contributed by atoms with Gasteiger partial charge in [-0.15, -0.1) is 0 Å². The van der Waals surface area contributed by atoms with Gasteiger partial charge >= 0.3 is 18.2 Å². The number of nitrogens with zero attached hydrogens (tertiary/aromatic N) is 7. The number of carbonyl (C=O) groups excluding carboxylic acids is 6. The van der Waals surface area contributed by atoms with Crippen LogP contribution in [0.1, 0.15) is 58.8 Å². The fourth-order valence-corrected chi connectivity index (χ4v) is 6.75. The minimum Gasteiger partial charge on any atom is -0.445 e. The van der Waals surface area contributed by atoms with E-state index < -0.39 is 60.1 Å². The molecule has 0 aliphatic carbocycles. The number of nitrogens with two attached hydrogens (primary N) is 1. The maximum Gasteiger partial charge on any atom is 0.409 e. The molecule has 22 nitrogen and oxygen atoms in total. The second-order valence-electron chi connectivity index (χ2n) is 16.6. The van der Waals surface area contributed by atoms with E-state index in [2.05, 4.69) is 36.6 Å². The molecule has 66 heavy (non-hydrogen) atoms. The number of hydrogen-bond donors (Lipinski definition) is 7. The Hall–Kier alpha value is -7.16. The molecule has 8 N–H and O–H groups in total. The van der Waals surface area contributed by atoms with Gasteiger partial charge in [-0.25, -0.2) is 19.4 Å². The molecular weight excluding hydrogens is 855 g/mol. The van der Waals surface area contributed by atoms with Crippen LogP contribution < -0.4 is 32.3 Å². The van der Waals surface area contributed by atoms with E-state index in [0.717, 1.165) is 16.3 Å². The third-order valence-corrected chi connectivity index (χ3v) is 10.2. The van der Waals surface area contributed by atoms with Gasteiger partial charge in [0.05, 0.1) is 23.3 Å². The van der Waals surface area contributed by atoms with Crippen LogP contribution in [0.15, 0.2) is 59.7 Å². The van der Waals surface area contributed by atoms with Gasteiger partial charge in [0.2, 0.25) is 17.7 Å². The summed E-state index contributed by atoms with van der Waals surface area (Å²) in [5.74, 6) is -1.64. The predicted molar refractivity (Wildman–Crippen MR) is 248 cm³/mol. The number of aromatic nitrogens is 2. The molecule has 1 heterocycles. The third kappa shape index (κ3) is 15.2. The summed E-state index contributed by atoms with van der Waals surface area (Å²) in [6.07, 6.45) is -0.240. The lowest BCUT2D eigenvalue weighted by Crippen LogP contribution is -2.55. The highest BCUT2D eigenvalue weighted by atomic mass is 16.6. The fraction of sp³-hybridized carbons (Fsp3) is 0.477. The first-order valence-electron chi connectivity index (χ1n) is 21.5. The summed E-state index contributed by atoms with van der Waals surface area (Å²) < 4.78 is 13.2. The largest absolute Gasteiger partial charge is 0.445 e. The van der Waals surface area contributed by atoms with E-state index in [4.69, 9.17) is 25.7 Å². The van der Waals surface area contributed by atoms with Crippen LogP contribution in [0.3, 0.4) is 0 Å². The lowest BCUT2D eigenvalue weighted by molar-refractivity contribution is -0.131. The molecule has 356 valence electrons. The molecule has 0 bridgehead atoms. The third-order valence-electron chi connectivity index (χ3n) is 10.2. The Bertz CT molecular complexity index is 2390. The van der Waals surface area contributed by atoms with Crippen molar-refractivity contribution in [3.8, 4) is 0 Å². The van der Waals surface area contributed by atoms with E-state index in [1.165, 1.54) is 9.80 Å². The van der Waals surface area contributed by atoms with E-state index >= 15 is 0 Å². The van der Waals surface area contributed by atoms with Crippen molar-refractivity contribution >= 4 is 69.1 Å². The van der Waals surface area contributed by atoms with Crippen LogP contribution in [0.2, 0.25) is 0 Å². The highest BCUT2D eigenvalue weighted by Gasteiger charge is 2.29. The SMILES string of the molecule is CCOCc1nc2c(NC(=O)N(C)CCN(C)C(=O)OCc3ccc(NC(=O)[C@@H](CCCNC(N)=O)NC(=O)[C@H](NC(=O)CN=[N+]=[N-])C(C)C)cc3)cc3ccccc3c2n1CC(C)(C)O. The van der Waals surface area contributed by atoms with Crippen LogP contribution >= 0.6 is 0 Å². The summed E-state index contributed by atoms with van der Waals surface area (Å²) in [7, 11) is 3.16. The molecule has 0 spiro atoms. The number of likely N-dealkylation sites (N-methyl/N-ethyl adjacent to an activating group) is 2. The molecule has 22 heteroatoms. The number of rotatable bonds is 23. The molecule has 1 aromatic heterocycles. The standard InChI is InChI=1S/C44H61N13O9/c1-8-65-25-34-52-37-33(22-29-12-9-10-13-31(29)38(37)57(34)26-44(4,5)64)51-42(62)55(6)20-21-56(7)43(63)66-24-28-15-17-30(18-16-28)49-39(59)32(14-11-19-47-41(45)61)50-40(60)36(27(2)3)53-35(58)23-48-54-46/h9-10,12-13,15-18,22,27,32,36,64H,8,11,14,19-21,23-26H2,1-7H3,(H,49,59)(H,50,60)(H,51,62)(H,53,58)(H3,45,47,61)/t32-,36-/m1/s1. The van der Waals surface area contributed by atoms with Gasteiger partial charge in [0.25, 0.3) is 0 Å². The molecule has 0 aliphatic rings. The summed E-state index contributed by atoms with van der Waals surface area (Å²) in [6, 6.07) is 12.8. The van der Waals surface area contributed by atoms with Crippen molar-refractivity contribution in [2.75, 3.05) is 57.5 Å². The predicted octanol–water partition coefficient (Wildman–Crippen LogP) is 4.55. The van der Waals surface area contributed by atoms with Crippen LogP contribution in [-0.4, -0.2) is 125 Å². The Morgan fingerprint density at radius 3 is 2.32 bits per heavy atom. The van der Waals surface area contributed by atoms with Crippen LogP contribution in [0.4, 0.5) is 25.8 Å². The molecule has 2 atom stereocenters. The minimum atomic E-state index is -1.08. The number of fused-ring (bicyclic) bond motifs is 3. The van der Waals surface area contributed by atoms with Crippen molar-refractivity contribution in [2.45, 2.75) is 84.9 Å². The van der Waals surface area contributed by atoms with E-state index in [-0.39, 0.29) is 58.2 Å². The van der Waals surface area contributed by atoms with Crippen LogP contribution in [-0.2, 0) is 43.6 Å². The number of azide groups is 1. The summed E-state index contributed by atoms with van der Waals surface area (Å²) in [5.41, 5.74) is 15.4. The van der Waals surface area contributed by atoms with E-state index in [1.807, 2.05) is 41.8 Å². The number of urea groups is 2. The zero-order valence-corrected chi connectivity index (χ0v) is 38.4. The highest BCUT2D eigenvalue weighted by molar-refractivity contribution is 6.12. The zero-order valence-electron chi connectivity index (χ0n) is 38.4. The van der Waals surface area contributed by atoms with E-state index in [9.17, 15) is 33.9 Å². The number of benzene rings is 3. The summed E-state index contributed by atoms with van der Waals surface area (Å²) >= 11 is 0. The molecule has 0 saturated heterocycles. The molecule has 0 saturated carbocycles. The number of hydrogen-bond acceptors (Lipinski definition) is 11. The smallest absolute Gasteiger partial charge is 0.409 e. The van der Waals surface area contributed by atoms with Crippen molar-refractivity contribution in [3.63, 3.8) is 0 Å². The number of aliphatic hydroxyl groups is 1. The maximum atomic E-state index is 13.5. The molecule has 0 fully saturated rings. The van der Waals surface area contributed by atoms with Gasteiger partial charge in [-0.3, -0.25) is 14.4 Å². The van der Waals surface area contributed by atoms with Crippen LogP contribution in [0, 0.1) is 5.92 Å². The number of nitrogens with one attached hydrogen (secondary N) is 5. The van der Waals surface area contributed by atoms with Gasteiger partial charge in [-0.2, -0.15) is 0 Å². The number of amides is 8. The molecule has 8 amide bonds. The van der Waals surface area contributed by atoms with Gasteiger partial charge in [-0.05, 0) is 74.2 Å². The van der Waals surface area contributed by atoms with Gasteiger partial charge in [-0.1, -0.05) is 55.4 Å². The first-order valence-corrected chi connectivity index (χ1v) is 21.5. The second-order valence-corrected chi connectivity index (χ2v) is 16.6. The lowest BCUT2D eigenvalue weighted by Gasteiger charge is -2.25. The van der Waals surface area contributed by atoms with Crippen molar-refractivity contribution in [1.29, 1.82) is 0 Å². The summed E-state index contributed by atoms with van der Waals surface area (Å²) in [5, 5.41) is 29.1. The Morgan fingerprint density at radius 1 is 0.970 bits per heavy atom. The number of imidazole rings is 1. The second kappa shape index (κ2) is 24.2. The van der Waals surface area contributed by atoms with Crippen molar-refractivity contribution in [3.05, 3.63) is 76.4 Å². The first-order chi connectivity index (χ1) is 31.3. The van der Waals surface area contributed by atoms with Crippen molar-refractivity contribution in [1.82, 2.24) is 35.3 Å². The molecule has 0 unspecified atom stereocenters. The Balaban J connectivity index is 1.34. The van der Waals surface area contributed by atoms with Gasteiger partial charge < -0.3 is 61.3 Å². The van der Waals surface area contributed by atoms with E-state index in [1.54, 1.807) is 66.1 Å². The number of carbonyl (C=O) groups is 6. The fourth-order valence-electron chi connectivity index (χ4n) is 6.75. The zero-order chi connectivity index (χ0) is 48.6. The Morgan fingerprint density at radius 2 is 1.67 bits per heavy atom. The highest BCUT2D eigenvalue weighted by Crippen LogP contribution is 2.34. The lowest BCUT2D eigenvalue weighted by atomic mass is 10.0. The molecule has 0 radical (unpaired) electrons. The average molecular weight is 916 g/mol. The normalized spacial score (nSPS) is 12.1. The number of anilines is 2. The molecule has 3 aromatic carbocycles. The Labute approximate surface area is 382 Å². The first kappa shape index (κ1) is 51.5. The maximum absolute atomic E-state index is 13.5. The quantitative estimate of drug-likeness (QED) is 0.0236. The molecular formula is C44H61N13O9. The van der Waals surface area contributed by atoms with Crippen molar-refractivity contribution < 1.29 is 43.3 Å². The topological polar surface area (TPSA) is 300 Å². The van der Waals surface area contributed by atoms with Crippen LogP contribution in [0.5, 0.6) is 0 Å². The molecule has 0 aliphatic heterocycles. The van der Waals surface area contributed by atoms with Gasteiger partial charge in [0.1, 0.15) is 43.2 Å². The summed E-state index contributed by atoms with van der Waals surface area (Å²) in [6.45, 7) is 9.52. The number of ether oxygens (including phenoxy) is 2. The van der Waals surface area contributed by atoms with Crippen molar-refractivity contribution in [2.24, 2.45) is 16.8 Å². The average Bonchev–Trinajstić information content (AvgIpc) is 3.62. The van der Waals surface area contributed by atoms with E-state index in [0.29, 0.717) is 34.9 Å². The monoisotopic (exact) mass is 915 g/mol. The van der Waals surface area contributed by atoms with Gasteiger partial charge in [0.15, 0.2) is 0 Å². The minimum absolute atomic E-state index is 0.0926. The molecule has 4 rings (SSSR count). The van der Waals surface area contributed by atoms with Gasteiger partial charge in [0, 0.05) is 56.3 Å².